The molecule has 2 heterocycles. The third-order valence-electron chi connectivity index (χ3n) is 13.6. The van der Waals surface area contributed by atoms with E-state index in [0.717, 1.165) is 66.9 Å². The summed E-state index contributed by atoms with van der Waals surface area (Å²) in [6, 6.07) is 95.9. The zero-order chi connectivity index (χ0) is 45.7. The Bertz CT molecular complexity index is 3950. The first kappa shape index (κ1) is 40.1. The van der Waals surface area contributed by atoms with Gasteiger partial charge in [-0.1, -0.05) is 194 Å². The maximum absolute atomic E-state index is 6.53. The van der Waals surface area contributed by atoms with Crippen LogP contribution in [0.25, 0.3) is 105 Å². The highest BCUT2D eigenvalue weighted by Crippen LogP contribution is 2.43. The van der Waals surface area contributed by atoms with Crippen LogP contribution in [-0.4, -0.2) is 4.57 Å². The van der Waals surface area contributed by atoms with E-state index in [-0.39, 0.29) is 0 Å². The van der Waals surface area contributed by atoms with E-state index in [1.165, 1.54) is 55.2 Å². The normalized spacial score (nSPS) is 11.5. The van der Waals surface area contributed by atoms with Crippen LogP contribution in [0.4, 0.5) is 17.1 Å². The number of para-hydroxylation sites is 3. The molecule has 0 aliphatic heterocycles. The topological polar surface area (TPSA) is 21.3 Å². The molecule has 0 atom stereocenters. The Kier molecular flexibility index (Phi) is 9.84. The van der Waals surface area contributed by atoms with Crippen molar-refractivity contribution in [2.45, 2.75) is 0 Å². The predicted octanol–water partition coefficient (Wildman–Crippen LogP) is 18.5. The number of rotatable bonds is 9. The molecule has 0 amide bonds. The summed E-state index contributed by atoms with van der Waals surface area (Å²) in [4.78, 5) is 2.36. The van der Waals surface area contributed by atoms with Crippen LogP contribution < -0.4 is 4.90 Å². The minimum Gasteiger partial charge on any atom is -0.455 e. The van der Waals surface area contributed by atoms with Gasteiger partial charge >= 0.3 is 0 Å². The van der Waals surface area contributed by atoms with Gasteiger partial charge in [-0.15, -0.1) is 0 Å². The average Bonchev–Trinajstić information content (AvgIpc) is 3.98. The van der Waals surface area contributed by atoms with Crippen LogP contribution in [0.1, 0.15) is 0 Å². The van der Waals surface area contributed by atoms with Crippen LogP contribution in [0, 0.1) is 0 Å². The van der Waals surface area contributed by atoms with Gasteiger partial charge < -0.3 is 13.9 Å². The molecule has 0 saturated carbocycles. The summed E-state index contributed by atoms with van der Waals surface area (Å²) < 4.78 is 8.91. The van der Waals surface area contributed by atoms with Crippen LogP contribution in [0.5, 0.6) is 0 Å². The van der Waals surface area contributed by atoms with Gasteiger partial charge in [0.05, 0.1) is 11.0 Å². The molecule has 0 unspecified atom stereocenters. The van der Waals surface area contributed by atoms with Crippen LogP contribution in [0.15, 0.2) is 271 Å². The summed E-state index contributed by atoms with van der Waals surface area (Å²) in [5.74, 6) is 0. The van der Waals surface area contributed by atoms with Gasteiger partial charge in [-0.2, -0.15) is 0 Å². The van der Waals surface area contributed by atoms with Crippen molar-refractivity contribution in [1.29, 1.82) is 0 Å². The number of fused-ring (bicyclic) bond motifs is 6. The molecular weight excluding hydrogens is 837 g/mol. The maximum Gasteiger partial charge on any atom is 0.143 e. The molecular formula is C66H44N2O. The quantitative estimate of drug-likeness (QED) is 0.144. The van der Waals surface area contributed by atoms with Crippen molar-refractivity contribution in [3.05, 3.63) is 267 Å². The fraction of sp³-hybridized carbons (Fsp3) is 0. The molecule has 13 aromatic rings. The van der Waals surface area contributed by atoms with Gasteiger partial charge in [0.2, 0.25) is 0 Å². The predicted molar refractivity (Wildman–Crippen MR) is 290 cm³/mol. The fourth-order valence-corrected chi connectivity index (χ4v) is 10.3. The van der Waals surface area contributed by atoms with Crippen molar-refractivity contribution in [2.75, 3.05) is 4.90 Å². The van der Waals surface area contributed by atoms with E-state index in [1.807, 2.05) is 6.07 Å². The van der Waals surface area contributed by atoms with E-state index in [9.17, 15) is 0 Å². The van der Waals surface area contributed by atoms with E-state index in [1.54, 1.807) is 0 Å². The van der Waals surface area contributed by atoms with Crippen molar-refractivity contribution in [3.8, 4) is 61.3 Å². The minimum absolute atomic E-state index is 0.886. The van der Waals surface area contributed by atoms with E-state index in [2.05, 4.69) is 270 Å². The largest absolute Gasteiger partial charge is 0.455 e. The van der Waals surface area contributed by atoms with E-state index >= 15 is 0 Å². The molecule has 0 aliphatic carbocycles. The molecule has 11 aromatic carbocycles. The van der Waals surface area contributed by atoms with Gasteiger partial charge in [-0.3, -0.25) is 0 Å². The Morgan fingerprint density at radius 3 is 1.36 bits per heavy atom. The number of hydrogen-bond acceptors (Lipinski definition) is 2. The van der Waals surface area contributed by atoms with E-state index in [4.69, 9.17) is 4.42 Å². The Morgan fingerprint density at radius 1 is 0.290 bits per heavy atom. The van der Waals surface area contributed by atoms with E-state index < -0.39 is 0 Å². The molecule has 0 bridgehead atoms. The van der Waals surface area contributed by atoms with Crippen LogP contribution >= 0.6 is 0 Å². The summed E-state index contributed by atoms with van der Waals surface area (Å²) in [7, 11) is 0. The Hall–Kier alpha value is -9.18. The maximum atomic E-state index is 6.53. The first-order valence-electron chi connectivity index (χ1n) is 23.6. The second-order valence-electron chi connectivity index (χ2n) is 17.7. The number of anilines is 3. The van der Waals surface area contributed by atoms with Gasteiger partial charge in [0.1, 0.15) is 11.2 Å². The minimum atomic E-state index is 0.886. The number of nitrogens with zero attached hydrogens (tertiary/aromatic N) is 2. The van der Waals surface area contributed by atoms with Crippen molar-refractivity contribution in [2.24, 2.45) is 0 Å². The molecule has 324 valence electrons. The molecule has 0 radical (unpaired) electrons. The van der Waals surface area contributed by atoms with Crippen molar-refractivity contribution in [1.82, 2.24) is 4.57 Å². The van der Waals surface area contributed by atoms with Crippen LogP contribution in [0.3, 0.4) is 0 Å². The molecule has 3 nitrogen and oxygen atoms in total. The molecule has 0 spiro atoms. The van der Waals surface area contributed by atoms with Crippen molar-refractivity contribution >= 4 is 60.8 Å². The molecule has 0 fully saturated rings. The average molecular weight is 881 g/mol. The second-order valence-corrected chi connectivity index (χ2v) is 17.7. The van der Waals surface area contributed by atoms with Gasteiger partial charge in [0.15, 0.2) is 0 Å². The van der Waals surface area contributed by atoms with E-state index in [0.29, 0.717) is 0 Å². The lowest BCUT2D eigenvalue weighted by Crippen LogP contribution is -2.09. The zero-order valence-corrected chi connectivity index (χ0v) is 37.7. The van der Waals surface area contributed by atoms with Gasteiger partial charge in [0.25, 0.3) is 0 Å². The fourth-order valence-electron chi connectivity index (χ4n) is 10.3. The summed E-state index contributed by atoms with van der Waals surface area (Å²) >= 11 is 0. The number of furan rings is 1. The number of benzene rings is 11. The SMILES string of the molecule is c1ccc(-c2ccc(-c3ccc(N(c4ccc(-c5ccc6oc7c(-c8ccccc8)cccc7c6c5)cc4)c4ccc(-c5cccc6c5c5ccccc5n6-c5ccccc5)cc4)cc3)cc2)cc1. The van der Waals surface area contributed by atoms with Crippen LogP contribution in [-0.2, 0) is 0 Å². The van der Waals surface area contributed by atoms with Gasteiger partial charge in [-0.05, 0) is 123 Å². The lowest BCUT2D eigenvalue weighted by Gasteiger charge is -2.26. The molecule has 0 saturated heterocycles. The second kappa shape index (κ2) is 16.9. The Balaban J connectivity index is 0.877. The lowest BCUT2D eigenvalue weighted by molar-refractivity contribution is 0.670. The highest BCUT2D eigenvalue weighted by molar-refractivity contribution is 6.16. The summed E-state index contributed by atoms with van der Waals surface area (Å²) in [6.07, 6.45) is 0. The molecule has 0 N–H and O–H groups in total. The molecule has 3 heteroatoms. The monoisotopic (exact) mass is 880 g/mol. The summed E-state index contributed by atoms with van der Waals surface area (Å²) in [6.45, 7) is 0. The third kappa shape index (κ3) is 7.16. The standard InChI is InChI=1S/C66H44N2O/c1-4-14-45(15-5-1)46-26-28-47(29-27-46)48-30-37-54(38-31-48)67(55-39-32-49(33-40-55)52-36-43-64-61(44-52)59-23-12-22-58(66(59)69-64)50-16-6-2-7-17-50)56-41-34-51(35-42-56)57-21-13-25-63-65(57)60-20-10-11-24-62(60)68(63)53-18-8-3-9-19-53/h1-44H. The Morgan fingerprint density at radius 2 is 0.725 bits per heavy atom. The first-order valence-corrected chi connectivity index (χ1v) is 23.6. The third-order valence-corrected chi connectivity index (χ3v) is 13.6. The highest BCUT2D eigenvalue weighted by Gasteiger charge is 2.19. The Labute approximate surface area is 401 Å². The molecule has 0 aliphatic rings. The summed E-state index contributed by atoms with van der Waals surface area (Å²) in [5.41, 5.74) is 20.3. The van der Waals surface area contributed by atoms with Crippen LogP contribution in [0.2, 0.25) is 0 Å². The number of aromatic nitrogens is 1. The van der Waals surface area contributed by atoms with Crippen molar-refractivity contribution in [3.63, 3.8) is 0 Å². The first-order chi connectivity index (χ1) is 34.2. The van der Waals surface area contributed by atoms with Gasteiger partial charge in [-0.25, -0.2) is 0 Å². The lowest BCUT2D eigenvalue weighted by atomic mass is 9.98. The zero-order valence-electron chi connectivity index (χ0n) is 37.7. The highest BCUT2D eigenvalue weighted by atomic mass is 16.3. The van der Waals surface area contributed by atoms with Gasteiger partial charge in [0, 0.05) is 49.9 Å². The molecule has 69 heavy (non-hydrogen) atoms. The van der Waals surface area contributed by atoms with Crippen molar-refractivity contribution < 1.29 is 4.42 Å². The summed E-state index contributed by atoms with van der Waals surface area (Å²) in [5, 5.41) is 4.72. The molecule has 2 aromatic heterocycles. The number of hydrogen-bond donors (Lipinski definition) is 0. The molecule has 13 rings (SSSR count). The smallest absolute Gasteiger partial charge is 0.143 e.